The van der Waals surface area contributed by atoms with Crippen LogP contribution in [0.5, 0.6) is 5.75 Å². The molecule has 0 fully saturated rings. The summed E-state index contributed by atoms with van der Waals surface area (Å²) in [6.07, 6.45) is -2.62. The van der Waals surface area contributed by atoms with Gasteiger partial charge in [-0.25, -0.2) is 0 Å². The van der Waals surface area contributed by atoms with Gasteiger partial charge in [-0.05, 0) is 42.8 Å². The van der Waals surface area contributed by atoms with Gasteiger partial charge in [-0.15, -0.1) is 0 Å². The number of hydrogen-bond acceptors (Lipinski definition) is 2. The highest BCUT2D eigenvalue weighted by atomic mass is 19.4. The highest BCUT2D eigenvalue weighted by molar-refractivity contribution is 6.07. The first-order chi connectivity index (χ1) is 11.8. The Morgan fingerprint density at radius 1 is 1.12 bits per heavy atom. The van der Waals surface area contributed by atoms with Crippen LogP contribution >= 0.6 is 0 Å². The van der Waals surface area contributed by atoms with Gasteiger partial charge in [-0.1, -0.05) is 12.1 Å². The standard InChI is InChI=1S/C19H16F3NO2/c1-12(24)17-11-23(18-8-7-15(25-2)9-16(17)18)10-13-3-5-14(6-4-13)19(20,21)22/h3-9,11H,10H2,1-2H3. The normalized spacial score (nSPS) is 11.7. The summed E-state index contributed by atoms with van der Waals surface area (Å²) in [6, 6.07) is 10.4. The molecule has 2 aromatic carbocycles. The monoisotopic (exact) mass is 347 g/mol. The van der Waals surface area contributed by atoms with Crippen molar-refractivity contribution in [3.05, 3.63) is 65.4 Å². The minimum atomic E-state index is -4.35. The number of hydrogen-bond donors (Lipinski definition) is 0. The number of carbonyl (C=O) groups is 1. The lowest BCUT2D eigenvalue weighted by Gasteiger charge is -2.09. The fourth-order valence-corrected chi connectivity index (χ4v) is 2.81. The van der Waals surface area contributed by atoms with E-state index in [4.69, 9.17) is 4.74 Å². The van der Waals surface area contributed by atoms with Crippen molar-refractivity contribution in [2.24, 2.45) is 0 Å². The molecule has 25 heavy (non-hydrogen) atoms. The summed E-state index contributed by atoms with van der Waals surface area (Å²) in [4.78, 5) is 11.9. The van der Waals surface area contributed by atoms with Crippen molar-refractivity contribution >= 4 is 16.7 Å². The molecule has 6 heteroatoms. The molecule has 0 aliphatic rings. The number of benzene rings is 2. The molecule has 1 aromatic heterocycles. The fourth-order valence-electron chi connectivity index (χ4n) is 2.81. The van der Waals surface area contributed by atoms with Crippen LogP contribution in [-0.4, -0.2) is 17.5 Å². The Labute approximate surface area is 142 Å². The molecule has 3 nitrogen and oxygen atoms in total. The number of alkyl halides is 3. The maximum Gasteiger partial charge on any atom is 0.416 e. The lowest BCUT2D eigenvalue weighted by Crippen LogP contribution is -2.05. The molecular formula is C19H16F3NO2. The van der Waals surface area contributed by atoms with Gasteiger partial charge in [0, 0.05) is 29.2 Å². The van der Waals surface area contributed by atoms with Crippen LogP contribution in [0.1, 0.15) is 28.4 Å². The molecule has 130 valence electrons. The smallest absolute Gasteiger partial charge is 0.416 e. The van der Waals surface area contributed by atoms with Crippen molar-refractivity contribution in [1.82, 2.24) is 4.57 Å². The van der Waals surface area contributed by atoms with E-state index in [0.717, 1.165) is 28.6 Å². The number of rotatable bonds is 4. The highest BCUT2D eigenvalue weighted by Gasteiger charge is 2.29. The van der Waals surface area contributed by atoms with Crippen LogP contribution in [0.15, 0.2) is 48.7 Å². The lowest BCUT2D eigenvalue weighted by atomic mass is 10.1. The summed E-state index contributed by atoms with van der Waals surface area (Å²) in [5.74, 6) is 0.562. The molecule has 1 heterocycles. The maximum atomic E-state index is 12.7. The predicted octanol–water partition coefficient (Wildman–Crippen LogP) is 4.92. The number of ketones is 1. The van der Waals surface area contributed by atoms with Crippen LogP contribution in [0.4, 0.5) is 13.2 Å². The summed E-state index contributed by atoms with van der Waals surface area (Å²) in [6.45, 7) is 1.85. The van der Waals surface area contributed by atoms with E-state index >= 15 is 0 Å². The van der Waals surface area contributed by atoms with Gasteiger partial charge in [0.25, 0.3) is 0 Å². The van der Waals surface area contributed by atoms with E-state index < -0.39 is 11.7 Å². The second-order valence-electron chi connectivity index (χ2n) is 5.80. The molecule has 0 N–H and O–H groups in total. The molecule has 0 spiro atoms. The molecular weight excluding hydrogens is 331 g/mol. The summed E-state index contributed by atoms with van der Waals surface area (Å²) in [7, 11) is 1.55. The Balaban J connectivity index is 2.00. The van der Waals surface area contributed by atoms with E-state index in [-0.39, 0.29) is 5.78 Å². The van der Waals surface area contributed by atoms with Crippen LogP contribution in [0.3, 0.4) is 0 Å². The first kappa shape index (κ1) is 17.1. The zero-order valence-electron chi connectivity index (χ0n) is 13.7. The van der Waals surface area contributed by atoms with E-state index in [1.807, 2.05) is 10.6 Å². The Morgan fingerprint density at radius 2 is 1.80 bits per heavy atom. The van der Waals surface area contributed by atoms with Crippen LogP contribution in [0.25, 0.3) is 10.9 Å². The second-order valence-corrected chi connectivity index (χ2v) is 5.80. The van der Waals surface area contributed by atoms with Crippen molar-refractivity contribution in [1.29, 1.82) is 0 Å². The van der Waals surface area contributed by atoms with Crippen molar-refractivity contribution in [3.8, 4) is 5.75 Å². The summed E-state index contributed by atoms with van der Waals surface area (Å²) in [5.41, 5.74) is 1.42. The van der Waals surface area contributed by atoms with Gasteiger partial charge in [0.05, 0.1) is 12.7 Å². The zero-order chi connectivity index (χ0) is 18.2. The summed E-state index contributed by atoms with van der Waals surface area (Å²) < 4.78 is 45.0. The Hall–Kier alpha value is -2.76. The molecule has 0 aliphatic heterocycles. The molecule has 0 amide bonds. The van der Waals surface area contributed by atoms with Crippen molar-refractivity contribution in [3.63, 3.8) is 0 Å². The first-order valence-electron chi connectivity index (χ1n) is 7.63. The van der Waals surface area contributed by atoms with E-state index in [9.17, 15) is 18.0 Å². The Morgan fingerprint density at radius 3 is 2.36 bits per heavy atom. The fraction of sp³-hybridized carbons (Fsp3) is 0.211. The third-order valence-electron chi connectivity index (χ3n) is 4.10. The van der Waals surface area contributed by atoms with E-state index in [0.29, 0.717) is 17.9 Å². The van der Waals surface area contributed by atoms with E-state index in [1.54, 1.807) is 25.4 Å². The minimum absolute atomic E-state index is 0.0792. The third-order valence-corrected chi connectivity index (χ3v) is 4.10. The minimum Gasteiger partial charge on any atom is -0.497 e. The highest BCUT2D eigenvalue weighted by Crippen LogP contribution is 2.30. The topological polar surface area (TPSA) is 31.2 Å². The van der Waals surface area contributed by atoms with Crippen LogP contribution < -0.4 is 4.74 Å². The number of halogens is 3. The molecule has 0 bridgehead atoms. The van der Waals surface area contributed by atoms with E-state index in [1.165, 1.54) is 19.1 Å². The van der Waals surface area contributed by atoms with Crippen LogP contribution in [0.2, 0.25) is 0 Å². The summed E-state index contributed by atoms with van der Waals surface area (Å²) in [5, 5.41) is 0.763. The predicted molar refractivity (Wildman–Crippen MR) is 89.0 cm³/mol. The second kappa shape index (κ2) is 6.27. The van der Waals surface area contributed by atoms with Gasteiger partial charge in [-0.2, -0.15) is 13.2 Å². The van der Waals surface area contributed by atoms with Gasteiger partial charge in [0.1, 0.15) is 5.75 Å². The van der Waals surface area contributed by atoms with Crippen molar-refractivity contribution in [2.75, 3.05) is 7.11 Å². The van der Waals surface area contributed by atoms with Gasteiger partial charge >= 0.3 is 6.18 Å². The SMILES string of the molecule is COc1ccc2c(c1)c(C(C)=O)cn2Cc1ccc(C(F)(F)F)cc1. The number of carbonyl (C=O) groups excluding carboxylic acids is 1. The molecule has 0 unspecified atom stereocenters. The van der Waals surface area contributed by atoms with Crippen LogP contribution in [-0.2, 0) is 12.7 Å². The molecule has 0 radical (unpaired) electrons. The third kappa shape index (κ3) is 3.38. The number of fused-ring (bicyclic) bond motifs is 1. The number of methoxy groups -OCH3 is 1. The molecule has 0 atom stereocenters. The molecule has 0 aliphatic carbocycles. The van der Waals surface area contributed by atoms with Gasteiger partial charge in [-0.3, -0.25) is 4.79 Å². The molecule has 3 rings (SSSR count). The average Bonchev–Trinajstić information content (AvgIpc) is 2.92. The first-order valence-corrected chi connectivity index (χ1v) is 7.63. The zero-order valence-corrected chi connectivity index (χ0v) is 13.7. The number of Topliss-reactive ketones (excluding diaryl/α,β-unsaturated/α-hetero) is 1. The number of ether oxygens (including phenoxy) is 1. The number of aromatic nitrogens is 1. The largest absolute Gasteiger partial charge is 0.497 e. The van der Waals surface area contributed by atoms with Crippen molar-refractivity contribution < 1.29 is 22.7 Å². The average molecular weight is 347 g/mol. The Kier molecular flexibility index (Phi) is 4.29. The van der Waals surface area contributed by atoms with Gasteiger partial charge in [0.15, 0.2) is 5.78 Å². The van der Waals surface area contributed by atoms with Gasteiger partial charge < -0.3 is 9.30 Å². The van der Waals surface area contributed by atoms with E-state index in [2.05, 4.69) is 0 Å². The number of nitrogens with zero attached hydrogens (tertiary/aromatic N) is 1. The quantitative estimate of drug-likeness (QED) is 0.627. The van der Waals surface area contributed by atoms with Crippen LogP contribution in [0, 0.1) is 0 Å². The summed E-state index contributed by atoms with van der Waals surface area (Å²) >= 11 is 0. The molecule has 0 saturated carbocycles. The maximum absolute atomic E-state index is 12.7. The molecule has 3 aromatic rings. The van der Waals surface area contributed by atoms with Crippen molar-refractivity contribution in [2.45, 2.75) is 19.6 Å². The lowest BCUT2D eigenvalue weighted by molar-refractivity contribution is -0.137. The Bertz CT molecular complexity index is 924. The molecule has 0 saturated heterocycles. The van der Waals surface area contributed by atoms with Gasteiger partial charge in [0.2, 0.25) is 0 Å².